The van der Waals surface area contributed by atoms with E-state index in [0.717, 1.165) is 16.5 Å². The number of aromatic nitrogens is 1. The lowest BCUT2D eigenvalue weighted by atomic mass is 10.0. The maximum atomic E-state index is 12.4. The molecule has 9 nitrogen and oxygen atoms in total. The van der Waals surface area contributed by atoms with Crippen molar-refractivity contribution in [2.45, 2.75) is 38.4 Å². The summed E-state index contributed by atoms with van der Waals surface area (Å²) in [5.41, 5.74) is 7.32. The quantitative estimate of drug-likeness (QED) is 0.346. The van der Waals surface area contributed by atoms with Crippen LogP contribution >= 0.6 is 0 Å². The van der Waals surface area contributed by atoms with E-state index >= 15 is 0 Å². The lowest BCUT2D eigenvalue weighted by Crippen LogP contribution is -2.56. The van der Waals surface area contributed by atoms with Gasteiger partial charge in [0.05, 0.1) is 12.6 Å². The number of carbonyl (C=O) groups is 3. The molecule has 2 aromatic rings. The zero-order valence-corrected chi connectivity index (χ0v) is 15.8. The first kappa shape index (κ1) is 21.4. The van der Waals surface area contributed by atoms with Crippen LogP contribution in [0.3, 0.4) is 0 Å². The maximum absolute atomic E-state index is 12.4. The lowest BCUT2D eigenvalue weighted by molar-refractivity contribution is -0.142. The predicted octanol–water partition coefficient (Wildman–Crippen LogP) is -0.260. The molecule has 0 bridgehead atoms. The van der Waals surface area contributed by atoms with Crippen LogP contribution in [0.25, 0.3) is 10.9 Å². The number of aliphatic hydroxyl groups is 1. The molecule has 0 spiro atoms. The minimum Gasteiger partial charge on any atom is -0.480 e. The first-order valence-corrected chi connectivity index (χ1v) is 8.99. The van der Waals surface area contributed by atoms with E-state index in [1.807, 2.05) is 24.3 Å². The van der Waals surface area contributed by atoms with Crippen LogP contribution in [-0.2, 0) is 20.8 Å². The molecule has 9 heteroatoms. The zero-order valence-electron chi connectivity index (χ0n) is 15.8. The van der Waals surface area contributed by atoms with E-state index in [0.29, 0.717) is 0 Å². The summed E-state index contributed by atoms with van der Waals surface area (Å²) in [5, 5.41) is 24.5. The number of hydrogen-bond acceptors (Lipinski definition) is 5. The normalized spacial score (nSPS) is 14.5. The van der Waals surface area contributed by atoms with Gasteiger partial charge in [0.15, 0.2) is 0 Å². The fourth-order valence-electron chi connectivity index (χ4n) is 2.76. The Bertz CT molecular complexity index is 848. The number of benzene rings is 1. The molecular formula is C19H26N4O5. The Morgan fingerprint density at radius 3 is 2.36 bits per heavy atom. The molecule has 28 heavy (non-hydrogen) atoms. The van der Waals surface area contributed by atoms with Crippen LogP contribution in [0.5, 0.6) is 0 Å². The number of aliphatic hydroxyl groups excluding tert-OH is 1. The van der Waals surface area contributed by atoms with Crippen molar-refractivity contribution in [3.8, 4) is 0 Å². The molecule has 1 aromatic carbocycles. The van der Waals surface area contributed by atoms with Crippen LogP contribution in [0.4, 0.5) is 0 Å². The highest BCUT2D eigenvalue weighted by atomic mass is 16.4. The van der Waals surface area contributed by atoms with Crippen LogP contribution in [0.1, 0.15) is 19.4 Å². The van der Waals surface area contributed by atoms with Gasteiger partial charge in [-0.25, -0.2) is 4.79 Å². The number of carboxylic acid groups (broad SMARTS) is 1. The van der Waals surface area contributed by atoms with Crippen molar-refractivity contribution in [2.75, 3.05) is 6.61 Å². The van der Waals surface area contributed by atoms with Crippen LogP contribution < -0.4 is 16.4 Å². The number of aromatic amines is 1. The molecule has 2 rings (SSSR count). The fourth-order valence-corrected chi connectivity index (χ4v) is 2.76. The standard InChI is InChI=1S/C19H26N4O5/c1-10(2)16(20)18(26)23-15(9-24)17(25)22-14(19(27)28)7-11-8-21-13-6-4-3-5-12(11)13/h3-6,8,10,14-16,21,24H,7,9,20H2,1-2H3,(H,22,25)(H,23,26)(H,27,28)/t14-,15-,16-/m0/s1. The smallest absolute Gasteiger partial charge is 0.326 e. The second-order valence-electron chi connectivity index (χ2n) is 6.98. The van der Waals surface area contributed by atoms with E-state index in [1.165, 1.54) is 0 Å². The SMILES string of the molecule is CC(C)[C@H](N)C(=O)N[C@@H](CO)C(=O)N[C@@H](Cc1c[nH]c2ccccc12)C(=O)O. The molecule has 152 valence electrons. The molecule has 0 saturated carbocycles. The summed E-state index contributed by atoms with van der Waals surface area (Å²) in [6, 6.07) is 4.05. The van der Waals surface area contributed by atoms with Gasteiger partial charge in [0, 0.05) is 23.5 Å². The average molecular weight is 390 g/mol. The molecular weight excluding hydrogens is 364 g/mol. The van der Waals surface area contributed by atoms with Crippen molar-refractivity contribution in [1.82, 2.24) is 15.6 Å². The van der Waals surface area contributed by atoms with Gasteiger partial charge in [0.25, 0.3) is 0 Å². The molecule has 1 aromatic heterocycles. The molecule has 3 atom stereocenters. The summed E-state index contributed by atoms with van der Waals surface area (Å²) in [6.07, 6.45) is 1.74. The van der Waals surface area contributed by atoms with E-state index in [-0.39, 0.29) is 12.3 Å². The van der Waals surface area contributed by atoms with E-state index in [2.05, 4.69) is 15.6 Å². The molecule has 0 saturated heterocycles. The molecule has 2 amide bonds. The number of nitrogens with two attached hydrogens (primary N) is 1. The minimum atomic E-state index is -1.29. The maximum Gasteiger partial charge on any atom is 0.326 e. The van der Waals surface area contributed by atoms with Gasteiger partial charge < -0.3 is 31.6 Å². The summed E-state index contributed by atoms with van der Waals surface area (Å²) in [7, 11) is 0. The second-order valence-corrected chi connectivity index (χ2v) is 6.98. The topological polar surface area (TPSA) is 158 Å². The van der Waals surface area contributed by atoms with Crippen molar-refractivity contribution < 1.29 is 24.6 Å². The third-order valence-electron chi connectivity index (χ3n) is 4.55. The van der Waals surface area contributed by atoms with Crippen LogP contribution in [-0.4, -0.2) is 57.7 Å². The number of aliphatic carboxylic acids is 1. The van der Waals surface area contributed by atoms with Gasteiger partial charge in [-0.1, -0.05) is 32.0 Å². The molecule has 1 heterocycles. The number of rotatable bonds is 9. The summed E-state index contributed by atoms with van der Waals surface area (Å²) < 4.78 is 0. The highest BCUT2D eigenvalue weighted by molar-refractivity contribution is 5.92. The Labute approximate surface area is 162 Å². The number of para-hydroxylation sites is 1. The first-order chi connectivity index (χ1) is 13.2. The predicted molar refractivity (Wildman–Crippen MR) is 103 cm³/mol. The molecule has 0 radical (unpaired) electrons. The van der Waals surface area contributed by atoms with Crippen molar-refractivity contribution in [2.24, 2.45) is 11.7 Å². The van der Waals surface area contributed by atoms with Crippen molar-refractivity contribution in [3.05, 3.63) is 36.0 Å². The third kappa shape index (κ3) is 5.08. The van der Waals surface area contributed by atoms with E-state index in [1.54, 1.807) is 20.0 Å². The lowest BCUT2D eigenvalue weighted by Gasteiger charge is -2.22. The Hall–Kier alpha value is -2.91. The Kier molecular flexibility index (Phi) is 7.13. The molecule has 0 aliphatic carbocycles. The van der Waals surface area contributed by atoms with Crippen LogP contribution in [0.15, 0.2) is 30.5 Å². The van der Waals surface area contributed by atoms with Gasteiger partial charge >= 0.3 is 5.97 Å². The number of carboxylic acids is 1. The van der Waals surface area contributed by atoms with Gasteiger partial charge in [-0.3, -0.25) is 9.59 Å². The van der Waals surface area contributed by atoms with Crippen LogP contribution in [0.2, 0.25) is 0 Å². The monoisotopic (exact) mass is 390 g/mol. The number of H-pyrrole nitrogens is 1. The minimum absolute atomic E-state index is 0.0443. The number of amides is 2. The third-order valence-corrected chi connectivity index (χ3v) is 4.55. The number of fused-ring (bicyclic) bond motifs is 1. The molecule has 0 unspecified atom stereocenters. The Balaban J connectivity index is 2.08. The second kappa shape index (κ2) is 9.34. The van der Waals surface area contributed by atoms with E-state index < -0.39 is 42.5 Å². The first-order valence-electron chi connectivity index (χ1n) is 8.99. The summed E-state index contributed by atoms with van der Waals surface area (Å²) >= 11 is 0. The van der Waals surface area contributed by atoms with E-state index in [4.69, 9.17) is 5.73 Å². The number of nitrogens with one attached hydrogen (secondary N) is 3. The summed E-state index contributed by atoms with van der Waals surface area (Å²) in [6.45, 7) is 2.82. The fraction of sp³-hybridized carbons (Fsp3) is 0.421. The van der Waals surface area contributed by atoms with Gasteiger partial charge in [0.1, 0.15) is 12.1 Å². The Morgan fingerprint density at radius 1 is 1.11 bits per heavy atom. The number of hydrogen-bond donors (Lipinski definition) is 6. The Morgan fingerprint density at radius 2 is 1.75 bits per heavy atom. The molecule has 0 aliphatic rings. The number of carbonyl (C=O) groups excluding carboxylic acids is 2. The molecule has 7 N–H and O–H groups in total. The highest BCUT2D eigenvalue weighted by Crippen LogP contribution is 2.19. The van der Waals surface area contributed by atoms with Gasteiger partial charge in [-0.05, 0) is 17.5 Å². The van der Waals surface area contributed by atoms with Crippen LogP contribution in [0, 0.1) is 5.92 Å². The largest absolute Gasteiger partial charge is 0.480 e. The van der Waals surface area contributed by atoms with E-state index in [9.17, 15) is 24.6 Å². The van der Waals surface area contributed by atoms with Gasteiger partial charge in [-0.15, -0.1) is 0 Å². The average Bonchev–Trinajstić information content (AvgIpc) is 3.07. The highest BCUT2D eigenvalue weighted by Gasteiger charge is 2.28. The van der Waals surface area contributed by atoms with Crippen molar-refractivity contribution >= 4 is 28.7 Å². The summed E-state index contributed by atoms with van der Waals surface area (Å²) in [4.78, 5) is 39.1. The van der Waals surface area contributed by atoms with Crippen molar-refractivity contribution in [1.29, 1.82) is 0 Å². The molecule has 0 aliphatic heterocycles. The van der Waals surface area contributed by atoms with Gasteiger partial charge in [0.2, 0.25) is 11.8 Å². The van der Waals surface area contributed by atoms with Crippen molar-refractivity contribution in [3.63, 3.8) is 0 Å². The van der Waals surface area contributed by atoms with Gasteiger partial charge in [-0.2, -0.15) is 0 Å². The zero-order chi connectivity index (χ0) is 20.8. The summed E-state index contributed by atoms with van der Waals surface area (Å²) in [5.74, 6) is -2.76. The molecule has 0 fully saturated rings.